The summed E-state index contributed by atoms with van der Waals surface area (Å²) in [6, 6.07) is 0. The molecule has 0 amide bonds. The maximum absolute atomic E-state index is 5.18. The predicted molar refractivity (Wildman–Crippen MR) is 59.0 cm³/mol. The van der Waals surface area contributed by atoms with Gasteiger partial charge in [0.1, 0.15) is 0 Å². The monoisotopic (exact) mass is 184 g/mol. The summed E-state index contributed by atoms with van der Waals surface area (Å²) in [6.07, 6.45) is 11.5. The average Bonchev–Trinajstić information content (AvgIpc) is 2.16. The minimum Gasteiger partial charge on any atom is -0.382 e. The van der Waals surface area contributed by atoms with Crippen molar-refractivity contribution in [2.24, 2.45) is 0 Å². The standard InChI is InChI=1S/C12H24O/c1-4-5-6-7-8-9-10-11-12(2)13-3/h4,12H,1,5-11H2,2-3H3. The predicted octanol–water partition coefficient (Wildman–Crippen LogP) is 3.94. The van der Waals surface area contributed by atoms with Crippen molar-refractivity contribution in [3.63, 3.8) is 0 Å². The van der Waals surface area contributed by atoms with Gasteiger partial charge in [0.05, 0.1) is 6.10 Å². The molecule has 0 spiro atoms. The van der Waals surface area contributed by atoms with Crippen LogP contribution in [0.3, 0.4) is 0 Å². The molecule has 78 valence electrons. The Labute approximate surface area is 83.2 Å². The molecule has 1 atom stereocenters. The molecule has 0 aromatic rings. The van der Waals surface area contributed by atoms with Crippen LogP contribution in [0, 0.1) is 0 Å². The fourth-order valence-electron chi connectivity index (χ4n) is 1.37. The summed E-state index contributed by atoms with van der Waals surface area (Å²) >= 11 is 0. The van der Waals surface area contributed by atoms with Crippen LogP contribution in [0.25, 0.3) is 0 Å². The molecule has 0 bridgehead atoms. The van der Waals surface area contributed by atoms with E-state index in [0.29, 0.717) is 6.10 Å². The summed E-state index contributed by atoms with van der Waals surface area (Å²) in [6.45, 7) is 5.85. The lowest BCUT2D eigenvalue weighted by Gasteiger charge is -2.08. The molecule has 0 aliphatic heterocycles. The Morgan fingerprint density at radius 1 is 1.15 bits per heavy atom. The highest BCUT2D eigenvalue weighted by atomic mass is 16.5. The van der Waals surface area contributed by atoms with Crippen molar-refractivity contribution in [3.8, 4) is 0 Å². The summed E-state index contributed by atoms with van der Waals surface area (Å²) in [4.78, 5) is 0. The third-order valence-corrected chi connectivity index (χ3v) is 2.42. The first-order valence-electron chi connectivity index (χ1n) is 5.45. The molecule has 0 fully saturated rings. The van der Waals surface area contributed by atoms with Crippen LogP contribution in [0.5, 0.6) is 0 Å². The third-order valence-electron chi connectivity index (χ3n) is 2.42. The van der Waals surface area contributed by atoms with E-state index in [0.717, 1.165) is 0 Å². The van der Waals surface area contributed by atoms with Gasteiger partial charge in [-0.2, -0.15) is 0 Å². The first-order chi connectivity index (χ1) is 6.31. The number of ether oxygens (including phenoxy) is 1. The highest BCUT2D eigenvalue weighted by Gasteiger charge is 1.97. The van der Waals surface area contributed by atoms with Crippen LogP contribution in [-0.4, -0.2) is 13.2 Å². The highest BCUT2D eigenvalue weighted by Crippen LogP contribution is 2.09. The first kappa shape index (κ1) is 12.7. The maximum Gasteiger partial charge on any atom is 0.0543 e. The molecule has 0 aliphatic carbocycles. The summed E-state index contributed by atoms with van der Waals surface area (Å²) in [5.74, 6) is 0. The lowest BCUT2D eigenvalue weighted by atomic mass is 10.1. The quantitative estimate of drug-likeness (QED) is 0.389. The lowest BCUT2D eigenvalue weighted by Crippen LogP contribution is -2.03. The Hall–Kier alpha value is -0.300. The molecule has 0 aromatic heterocycles. The summed E-state index contributed by atoms with van der Waals surface area (Å²) in [7, 11) is 1.79. The van der Waals surface area contributed by atoms with Crippen molar-refractivity contribution in [3.05, 3.63) is 12.7 Å². The number of unbranched alkanes of at least 4 members (excludes halogenated alkanes) is 5. The lowest BCUT2D eigenvalue weighted by molar-refractivity contribution is 0.108. The smallest absolute Gasteiger partial charge is 0.0543 e. The Morgan fingerprint density at radius 3 is 2.38 bits per heavy atom. The van der Waals surface area contributed by atoms with Crippen LogP contribution in [0.4, 0.5) is 0 Å². The Kier molecular flexibility index (Phi) is 9.56. The van der Waals surface area contributed by atoms with Crippen molar-refractivity contribution in [2.75, 3.05) is 7.11 Å². The van der Waals surface area contributed by atoms with Crippen LogP contribution in [0.2, 0.25) is 0 Å². The maximum atomic E-state index is 5.18. The molecule has 0 N–H and O–H groups in total. The van der Waals surface area contributed by atoms with Crippen molar-refractivity contribution in [1.29, 1.82) is 0 Å². The zero-order valence-corrected chi connectivity index (χ0v) is 9.22. The molecule has 0 saturated carbocycles. The summed E-state index contributed by atoms with van der Waals surface area (Å²) < 4.78 is 5.18. The molecule has 0 radical (unpaired) electrons. The zero-order chi connectivity index (χ0) is 9.94. The Morgan fingerprint density at radius 2 is 1.77 bits per heavy atom. The molecule has 1 nitrogen and oxygen atoms in total. The normalized spacial score (nSPS) is 12.8. The second kappa shape index (κ2) is 9.79. The van der Waals surface area contributed by atoms with E-state index < -0.39 is 0 Å². The Balaban J connectivity index is 2.95. The van der Waals surface area contributed by atoms with Crippen molar-refractivity contribution in [1.82, 2.24) is 0 Å². The molecule has 1 unspecified atom stereocenters. The fraction of sp³-hybridized carbons (Fsp3) is 0.833. The number of hydrogen-bond acceptors (Lipinski definition) is 1. The first-order valence-corrected chi connectivity index (χ1v) is 5.45. The summed E-state index contributed by atoms with van der Waals surface area (Å²) in [5, 5.41) is 0. The van der Waals surface area contributed by atoms with Gasteiger partial charge >= 0.3 is 0 Å². The van der Waals surface area contributed by atoms with E-state index in [1.807, 2.05) is 6.08 Å². The molecule has 0 heterocycles. The van der Waals surface area contributed by atoms with Crippen molar-refractivity contribution < 1.29 is 4.74 Å². The van der Waals surface area contributed by atoms with Crippen LogP contribution < -0.4 is 0 Å². The van der Waals surface area contributed by atoms with E-state index in [2.05, 4.69) is 13.5 Å². The van der Waals surface area contributed by atoms with Gasteiger partial charge in [0.15, 0.2) is 0 Å². The number of allylic oxidation sites excluding steroid dienone is 1. The number of hydrogen-bond donors (Lipinski definition) is 0. The third kappa shape index (κ3) is 9.62. The van der Waals surface area contributed by atoms with Crippen molar-refractivity contribution >= 4 is 0 Å². The fourth-order valence-corrected chi connectivity index (χ4v) is 1.37. The van der Waals surface area contributed by atoms with Gasteiger partial charge in [-0.25, -0.2) is 0 Å². The van der Waals surface area contributed by atoms with Gasteiger partial charge in [-0.1, -0.05) is 31.8 Å². The van der Waals surface area contributed by atoms with Crippen LogP contribution in [-0.2, 0) is 4.74 Å². The number of rotatable bonds is 9. The van der Waals surface area contributed by atoms with Crippen LogP contribution in [0.1, 0.15) is 51.9 Å². The minimum atomic E-state index is 0.438. The minimum absolute atomic E-state index is 0.438. The van der Waals surface area contributed by atoms with E-state index in [1.54, 1.807) is 7.11 Å². The van der Waals surface area contributed by atoms with Gasteiger partial charge in [-0.05, 0) is 26.2 Å². The topological polar surface area (TPSA) is 9.23 Å². The van der Waals surface area contributed by atoms with Gasteiger partial charge in [0, 0.05) is 7.11 Å². The van der Waals surface area contributed by atoms with Gasteiger partial charge in [0.25, 0.3) is 0 Å². The molecular weight excluding hydrogens is 160 g/mol. The van der Waals surface area contributed by atoms with Crippen LogP contribution in [0.15, 0.2) is 12.7 Å². The van der Waals surface area contributed by atoms with E-state index in [9.17, 15) is 0 Å². The van der Waals surface area contributed by atoms with E-state index in [-0.39, 0.29) is 0 Å². The molecule has 0 aromatic carbocycles. The van der Waals surface area contributed by atoms with E-state index >= 15 is 0 Å². The molecule has 0 saturated heterocycles. The van der Waals surface area contributed by atoms with Gasteiger partial charge < -0.3 is 4.74 Å². The molecule has 13 heavy (non-hydrogen) atoms. The second-order valence-electron chi connectivity index (χ2n) is 3.68. The molecule has 0 rings (SSSR count). The number of methoxy groups -OCH3 is 1. The van der Waals surface area contributed by atoms with E-state index in [4.69, 9.17) is 4.74 Å². The molecule has 0 aliphatic rings. The zero-order valence-electron chi connectivity index (χ0n) is 9.22. The van der Waals surface area contributed by atoms with Gasteiger partial charge in [-0.15, -0.1) is 6.58 Å². The highest BCUT2D eigenvalue weighted by molar-refractivity contribution is 4.65. The SMILES string of the molecule is C=CCCCCCCCC(C)OC. The molecule has 1 heteroatoms. The van der Waals surface area contributed by atoms with Gasteiger partial charge in [0.2, 0.25) is 0 Å². The largest absolute Gasteiger partial charge is 0.382 e. The summed E-state index contributed by atoms with van der Waals surface area (Å²) in [5.41, 5.74) is 0. The van der Waals surface area contributed by atoms with Crippen LogP contribution >= 0.6 is 0 Å². The second-order valence-corrected chi connectivity index (χ2v) is 3.68. The van der Waals surface area contributed by atoms with E-state index in [1.165, 1.54) is 44.9 Å². The Bertz CT molecular complexity index is 110. The van der Waals surface area contributed by atoms with Crippen molar-refractivity contribution in [2.45, 2.75) is 58.0 Å². The average molecular weight is 184 g/mol. The molecular formula is C12H24O. The van der Waals surface area contributed by atoms with Gasteiger partial charge in [-0.3, -0.25) is 0 Å².